The number of nitrogens with one attached hydrogen (secondary N) is 2. The molecule has 1 aromatic carbocycles. The Balaban J connectivity index is 0.00000261. The van der Waals surface area contributed by atoms with Crippen LogP contribution in [0.3, 0.4) is 0 Å². The number of para-hydroxylation sites is 1. The first-order valence-electron chi connectivity index (χ1n) is 9.05. The fraction of sp³-hybridized carbons (Fsp3) is 0.500. The first-order valence-corrected chi connectivity index (χ1v) is 9.87. The molecule has 0 saturated carbocycles. The molecule has 1 saturated heterocycles. The van der Waals surface area contributed by atoms with Crippen LogP contribution in [-0.4, -0.2) is 72.5 Å². The maximum atomic E-state index is 11.5. The van der Waals surface area contributed by atoms with E-state index in [0.29, 0.717) is 6.54 Å². The van der Waals surface area contributed by atoms with Crippen LogP contribution in [0.15, 0.2) is 29.3 Å². The van der Waals surface area contributed by atoms with Gasteiger partial charge in [0.25, 0.3) is 0 Å². The highest BCUT2D eigenvalue weighted by molar-refractivity contribution is 14.0. The lowest BCUT2D eigenvalue weighted by Gasteiger charge is -2.36. The number of anilines is 1. The number of amides is 1. The van der Waals surface area contributed by atoms with Gasteiger partial charge in [0, 0.05) is 46.2 Å². The summed E-state index contributed by atoms with van der Waals surface area (Å²) < 4.78 is 1.19. The monoisotopic (exact) mass is 502 g/mol. The lowest BCUT2D eigenvalue weighted by Crippen LogP contribution is -2.53. The maximum Gasteiger partial charge on any atom is 0.219 e. The minimum atomic E-state index is 0. The summed E-state index contributed by atoms with van der Waals surface area (Å²) >= 11 is 1.66. The summed E-state index contributed by atoms with van der Waals surface area (Å²) in [6.07, 6.45) is 0. The van der Waals surface area contributed by atoms with E-state index in [0.717, 1.165) is 55.9 Å². The first-order chi connectivity index (χ1) is 12.7. The number of aromatic nitrogens is 1. The summed E-state index contributed by atoms with van der Waals surface area (Å²) in [5.74, 6) is 1.06. The van der Waals surface area contributed by atoms with Gasteiger partial charge in [-0.25, -0.2) is 4.98 Å². The number of rotatable bonds is 5. The van der Waals surface area contributed by atoms with Gasteiger partial charge in [0.2, 0.25) is 5.91 Å². The Labute approximate surface area is 181 Å². The van der Waals surface area contributed by atoms with Crippen molar-refractivity contribution in [2.45, 2.75) is 13.8 Å². The Bertz CT molecular complexity index is 739. The second kappa shape index (κ2) is 10.6. The smallest absolute Gasteiger partial charge is 0.219 e. The molecule has 0 radical (unpaired) electrons. The number of aliphatic imine (C=N–C) groups is 1. The van der Waals surface area contributed by atoms with Crippen molar-refractivity contribution in [1.29, 1.82) is 0 Å². The third-order valence-corrected chi connectivity index (χ3v) is 5.30. The average Bonchev–Trinajstić information content (AvgIpc) is 3.07. The second-order valence-electron chi connectivity index (χ2n) is 6.14. The van der Waals surface area contributed by atoms with E-state index < -0.39 is 0 Å². The molecule has 1 aliphatic heterocycles. The summed E-state index contributed by atoms with van der Waals surface area (Å²) in [4.78, 5) is 24.9. The molecule has 0 aliphatic carbocycles. The molecule has 0 bridgehead atoms. The molecule has 2 heterocycles. The Morgan fingerprint density at radius 2 is 1.93 bits per heavy atom. The van der Waals surface area contributed by atoms with Gasteiger partial charge in [-0.3, -0.25) is 9.79 Å². The molecule has 9 heteroatoms. The Morgan fingerprint density at radius 3 is 2.59 bits per heavy atom. The largest absolute Gasteiger partial charge is 0.360 e. The highest BCUT2D eigenvalue weighted by atomic mass is 127. The zero-order valence-electron chi connectivity index (χ0n) is 15.8. The van der Waals surface area contributed by atoms with E-state index in [-0.39, 0.29) is 29.9 Å². The Hall–Kier alpha value is -1.62. The number of nitrogens with zero attached hydrogens (tertiary/aromatic N) is 4. The number of guanidine groups is 1. The third-order valence-electron chi connectivity index (χ3n) is 4.30. The minimum absolute atomic E-state index is 0. The molecule has 0 spiro atoms. The number of carbonyl (C=O) groups is 1. The van der Waals surface area contributed by atoms with Gasteiger partial charge >= 0.3 is 0 Å². The number of hydrogen-bond donors (Lipinski definition) is 2. The summed E-state index contributed by atoms with van der Waals surface area (Å²) in [7, 11) is 0. The molecule has 1 amide bonds. The number of benzene rings is 1. The van der Waals surface area contributed by atoms with E-state index in [1.165, 1.54) is 4.70 Å². The lowest BCUT2D eigenvalue weighted by molar-refractivity contribution is -0.130. The molecule has 0 atom stereocenters. The summed E-state index contributed by atoms with van der Waals surface area (Å²) in [5, 5.41) is 7.64. The van der Waals surface area contributed by atoms with Crippen LogP contribution < -0.4 is 10.6 Å². The number of halogens is 1. The zero-order valence-corrected chi connectivity index (χ0v) is 18.9. The average molecular weight is 502 g/mol. The van der Waals surface area contributed by atoms with Gasteiger partial charge in [0.1, 0.15) is 0 Å². The summed E-state index contributed by atoms with van der Waals surface area (Å²) in [6, 6.07) is 8.15. The predicted molar refractivity (Wildman–Crippen MR) is 123 cm³/mol. The van der Waals surface area contributed by atoms with Gasteiger partial charge in [0.05, 0.1) is 16.8 Å². The van der Waals surface area contributed by atoms with E-state index in [2.05, 4.69) is 33.5 Å². The summed E-state index contributed by atoms with van der Waals surface area (Å²) in [6.45, 7) is 9.08. The molecule has 1 aromatic heterocycles. The van der Waals surface area contributed by atoms with Gasteiger partial charge in [-0.1, -0.05) is 23.5 Å². The molecule has 3 rings (SSSR count). The molecule has 0 unspecified atom stereocenters. The molecule has 27 heavy (non-hydrogen) atoms. The number of thiazole rings is 1. The van der Waals surface area contributed by atoms with Crippen molar-refractivity contribution in [3.05, 3.63) is 24.3 Å². The van der Waals surface area contributed by atoms with E-state index in [1.807, 2.05) is 23.1 Å². The fourth-order valence-electron chi connectivity index (χ4n) is 2.93. The molecule has 2 N–H and O–H groups in total. The molecule has 1 aliphatic rings. The van der Waals surface area contributed by atoms with Crippen LogP contribution in [0.2, 0.25) is 0 Å². The van der Waals surface area contributed by atoms with Crippen LogP contribution in [0, 0.1) is 0 Å². The van der Waals surface area contributed by atoms with Crippen LogP contribution in [0.1, 0.15) is 13.8 Å². The fourth-order valence-corrected chi connectivity index (χ4v) is 3.82. The SMILES string of the molecule is CCNC(=NCCNc1nc2ccccc2s1)N1CCN(C(C)=O)CC1.I. The molecule has 7 nitrogen and oxygen atoms in total. The van der Waals surface area contributed by atoms with Crippen LogP contribution in [0.4, 0.5) is 5.13 Å². The van der Waals surface area contributed by atoms with Crippen molar-refractivity contribution in [3.8, 4) is 0 Å². The molecule has 148 valence electrons. The standard InChI is InChI=1S/C18H26N6OS.HI/c1-3-19-17(24-12-10-23(11-13-24)14(2)25)20-8-9-21-18-22-15-6-4-5-7-16(15)26-18;/h4-7H,3,8-13H2,1-2H3,(H,19,20)(H,21,22);1H. The van der Waals surface area contributed by atoms with Gasteiger partial charge in [0.15, 0.2) is 11.1 Å². The molecule has 2 aromatic rings. The third kappa shape index (κ3) is 5.93. The van der Waals surface area contributed by atoms with Crippen molar-refractivity contribution in [2.75, 3.05) is 51.1 Å². The van der Waals surface area contributed by atoms with Crippen LogP contribution >= 0.6 is 35.3 Å². The van der Waals surface area contributed by atoms with Gasteiger partial charge in [-0.15, -0.1) is 24.0 Å². The van der Waals surface area contributed by atoms with E-state index in [1.54, 1.807) is 18.3 Å². The maximum absolute atomic E-state index is 11.5. The highest BCUT2D eigenvalue weighted by Crippen LogP contribution is 2.24. The number of piperazine rings is 1. The zero-order chi connectivity index (χ0) is 18.4. The van der Waals surface area contributed by atoms with Gasteiger partial charge < -0.3 is 20.4 Å². The summed E-state index contributed by atoms with van der Waals surface area (Å²) in [5.41, 5.74) is 1.03. The lowest BCUT2D eigenvalue weighted by atomic mass is 10.3. The number of fused-ring (bicyclic) bond motifs is 1. The second-order valence-corrected chi connectivity index (χ2v) is 7.17. The van der Waals surface area contributed by atoms with Crippen LogP contribution in [0.5, 0.6) is 0 Å². The van der Waals surface area contributed by atoms with Crippen molar-refractivity contribution in [2.24, 2.45) is 4.99 Å². The quantitative estimate of drug-likeness (QED) is 0.285. The van der Waals surface area contributed by atoms with Gasteiger partial charge in [-0.05, 0) is 19.1 Å². The Kier molecular flexibility index (Phi) is 8.55. The first kappa shape index (κ1) is 21.7. The molecular formula is C18H27IN6OS. The molecular weight excluding hydrogens is 475 g/mol. The van der Waals surface area contributed by atoms with Gasteiger partial charge in [-0.2, -0.15) is 0 Å². The van der Waals surface area contributed by atoms with E-state index in [4.69, 9.17) is 4.99 Å². The topological polar surface area (TPSA) is 72.9 Å². The number of hydrogen-bond acceptors (Lipinski definition) is 5. The van der Waals surface area contributed by atoms with Crippen molar-refractivity contribution < 1.29 is 4.79 Å². The normalized spacial score (nSPS) is 14.8. The van der Waals surface area contributed by atoms with Crippen molar-refractivity contribution in [1.82, 2.24) is 20.1 Å². The van der Waals surface area contributed by atoms with Crippen LogP contribution in [-0.2, 0) is 4.79 Å². The van der Waals surface area contributed by atoms with E-state index >= 15 is 0 Å². The van der Waals surface area contributed by atoms with Crippen molar-refractivity contribution in [3.63, 3.8) is 0 Å². The Morgan fingerprint density at radius 1 is 1.22 bits per heavy atom. The van der Waals surface area contributed by atoms with Crippen LogP contribution in [0.25, 0.3) is 10.2 Å². The minimum Gasteiger partial charge on any atom is -0.360 e. The van der Waals surface area contributed by atoms with Crippen molar-refractivity contribution >= 4 is 62.5 Å². The highest BCUT2D eigenvalue weighted by Gasteiger charge is 2.20. The number of carbonyl (C=O) groups excluding carboxylic acids is 1. The predicted octanol–water partition coefficient (Wildman–Crippen LogP) is 2.46. The van der Waals surface area contributed by atoms with E-state index in [9.17, 15) is 4.79 Å². The molecule has 1 fully saturated rings.